The second kappa shape index (κ2) is 4.75. The van der Waals surface area contributed by atoms with Gasteiger partial charge in [-0.3, -0.25) is 0 Å². The van der Waals surface area contributed by atoms with Gasteiger partial charge in [0, 0.05) is 5.39 Å². The van der Waals surface area contributed by atoms with Crippen molar-refractivity contribution in [3.8, 4) is 0 Å². The molecule has 5 nitrogen and oxygen atoms in total. The van der Waals surface area contributed by atoms with Crippen LogP contribution in [0.2, 0.25) is 0 Å². The molecule has 3 aromatic rings. The average Bonchev–Trinajstić information content (AvgIpc) is 2.88. The Morgan fingerprint density at radius 1 is 0.952 bits per heavy atom. The highest BCUT2D eigenvalue weighted by molar-refractivity contribution is 7.90. The van der Waals surface area contributed by atoms with Gasteiger partial charge in [-0.05, 0) is 24.3 Å². The van der Waals surface area contributed by atoms with E-state index in [1.807, 2.05) is 0 Å². The van der Waals surface area contributed by atoms with E-state index in [0.717, 1.165) is 3.97 Å². The number of carbonyl (C=O) groups is 1. The minimum Gasteiger partial charge on any atom is -0.543 e. The molecule has 21 heavy (non-hydrogen) atoms. The fourth-order valence-electron chi connectivity index (χ4n) is 2.23. The van der Waals surface area contributed by atoms with Crippen molar-refractivity contribution in [2.45, 2.75) is 4.90 Å². The molecule has 0 N–H and O–H groups in total. The topological polar surface area (TPSA) is 79.2 Å². The number of hydrogen-bond acceptors (Lipinski definition) is 4. The molecular formula is C15H10NO4S-. The van der Waals surface area contributed by atoms with Crippen molar-refractivity contribution < 1.29 is 18.3 Å². The molecule has 0 aliphatic heterocycles. The summed E-state index contributed by atoms with van der Waals surface area (Å²) in [6.45, 7) is 0. The van der Waals surface area contributed by atoms with E-state index in [-0.39, 0.29) is 10.6 Å². The van der Waals surface area contributed by atoms with Crippen LogP contribution in [0.4, 0.5) is 0 Å². The number of nitrogens with zero attached hydrogens (tertiary/aromatic N) is 1. The maximum absolute atomic E-state index is 12.7. The number of carboxylic acid groups (broad SMARTS) is 1. The van der Waals surface area contributed by atoms with Crippen LogP contribution in [0, 0.1) is 0 Å². The van der Waals surface area contributed by atoms with Gasteiger partial charge in [-0.1, -0.05) is 36.4 Å². The molecule has 0 saturated carbocycles. The van der Waals surface area contributed by atoms with Gasteiger partial charge in [0.15, 0.2) is 0 Å². The van der Waals surface area contributed by atoms with Crippen molar-refractivity contribution in [3.63, 3.8) is 0 Å². The van der Waals surface area contributed by atoms with Crippen LogP contribution in [0.5, 0.6) is 0 Å². The first-order valence-electron chi connectivity index (χ1n) is 6.14. The molecule has 0 amide bonds. The summed E-state index contributed by atoms with van der Waals surface area (Å²) in [6.07, 6.45) is 0. The van der Waals surface area contributed by atoms with Gasteiger partial charge in [0.1, 0.15) is 0 Å². The number of fused-ring (bicyclic) bond motifs is 1. The average molecular weight is 300 g/mol. The molecule has 1 heterocycles. The zero-order valence-corrected chi connectivity index (χ0v) is 11.6. The van der Waals surface area contributed by atoms with Crippen LogP contribution in [-0.4, -0.2) is 18.4 Å². The van der Waals surface area contributed by atoms with Crippen LogP contribution in [0.25, 0.3) is 10.9 Å². The van der Waals surface area contributed by atoms with Crippen LogP contribution in [0.3, 0.4) is 0 Å². The lowest BCUT2D eigenvalue weighted by Crippen LogP contribution is -2.28. The molecule has 0 aliphatic rings. The van der Waals surface area contributed by atoms with Crippen LogP contribution in [0.15, 0.2) is 65.6 Å². The highest BCUT2D eigenvalue weighted by atomic mass is 32.2. The van der Waals surface area contributed by atoms with Crippen molar-refractivity contribution in [1.82, 2.24) is 3.97 Å². The zero-order chi connectivity index (χ0) is 15.0. The van der Waals surface area contributed by atoms with Crippen LogP contribution in [0.1, 0.15) is 10.5 Å². The molecule has 0 spiro atoms. The first-order valence-corrected chi connectivity index (χ1v) is 7.58. The Kier molecular flexibility index (Phi) is 3.03. The van der Waals surface area contributed by atoms with Crippen molar-refractivity contribution in [2.75, 3.05) is 0 Å². The quantitative estimate of drug-likeness (QED) is 0.729. The molecular weight excluding hydrogens is 290 g/mol. The summed E-state index contributed by atoms with van der Waals surface area (Å²) >= 11 is 0. The van der Waals surface area contributed by atoms with E-state index in [1.54, 1.807) is 42.5 Å². The fraction of sp³-hybridized carbons (Fsp3) is 0. The molecule has 0 unspecified atom stereocenters. The van der Waals surface area contributed by atoms with Crippen molar-refractivity contribution >= 4 is 26.9 Å². The maximum Gasteiger partial charge on any atom is 0.268 e. The fourth-order valence-corrected chi connectivity index (χ4v) is 3.75. The number of carbonyl (C=O) groups excluding carboxylic acids is 1. The molecule has 2 aromatic carbocycles. The maximum atomic E-state index is 12.7. The molecule has 0 aliphatic carbocycles. The van der Waals surface area contributed by atoms with Crippen LogP contribution < -0.4 is 5.11 Å². The number of aromatic carboxylic acids is 1. The second-order valence-electron chi connectivity index (χ2n) is 4.46. The summed E-state index contributed by atoms with van der Waals surface area (Å²) in [6, 6.07) is 15.6. The van der Waals surface area contributed by atoms with Crippen molar-refractivity contribution in [3.05, 3.63) is 66.4 Å². The lowest BCUT2D eigenvalue weighted by atomic mass is 10.2. The lowest BCUT2D eigenvalue weighted by Gasteiger charge is -2.12. The monoisotopic (exact) mass is 300 g/mol. The third-order valence-electron chi connectivity index (χ3n) is 3.16. The third kappa shape index (κ3) is 2.09. The summed E-state index contributed by atoms with van der Waals surface area (Å²) in [5.41, 5.74) is -0.0828. The Balaban J connectivity index is 2.39. The highest BCUT2D eigenvalue weighted by Crippen LogP contribution is 2.25. The van der Waals surface area contributed by atoms with Gasteiger partial charge >= 0.3 is 0 Å². The van der Waals surface area contributed by atoms with Crippen LogP contribution >= 0.6 is 0 Å². The second-order valence-corrected chi connectivity index (χ2v) is 6.25. The first kappa shape index (κ1) is 13.4. The number of carboxylic acids is 1. The van der Waals surface area contributed by atoms with E-state index in [0.29, 0.717) is 10.9 Å². The number of para-hydroxylation sites is 1. The number of benzene rings is 2. The minimum absolute atomic E-state index is 0.0221. The predicted octanol–water partition coefficient (Wildman–Crippen LogP) is 1.24. The van der Waals surface area contributed by atoms with E-state index < -0.39 is 16.0 Å². The Morgan fingerprint density at radius 3 is 2.24 bits per heavy atom. The molecule has 0 radical (unpaired) electrons. The standard InChI is InChI=1S/C15H11NO4S/c17-15(18)14-10-11-6-4-5-9-13(11)16(14)21(19,20)12-7-2-1-3-8-12/h1-10H,(H,17,18)/p-1. The molecule has 3 rings (SSSR count). The largest absolute Gasteiger partial charge is 0.543 e. The zero-order valence-electron chi connectivity index (χ0n) is 10.8. The van der Waals surface area contributed by atoms with E-state index in [9.17, 15) is 18.3 Å². The minimum atomic E-state index is -4.00. The van der Waals surface area contributed by atoms with Gasteiger partial charge in [-0.2, -0.15) is 0 Å². The Morgan fingerprint density at radius 2 is 1.57 bits per heavy atom. The highest BCUT2D eigenvalue weighted by Gasteiger charge is 2.23. The summed E-state index contributed by atoms with van der Waals surface area (Å²) in [5.74, 6) is -1.54. The summed E-state index contributed by atoms with van der Waals surface area (Å²) < 4.78 is 26.2. The SMILES string of the molecule is O=C([O-])c1cc2ccccc2n1S(=O)(=O)c1ccccc1. The molecule has 0 atom stereocenters. The normalized spacial score (nSPS) is 11.6. The smallest absolute Gasteiger partial charge is 0.268 e. The van der Waals surface area contributed by atoms with E-state index >= 15 is 0 Å². The van der Waals surface area contributed by atoms with Gasteiger partial charge < -0.3 is 9.90 Å². The predicted molar refractivity (Wildman–Crippen MR) is 75.3 cm³/mol. The molecule has 0 fully saturated rings. The number of aromatic nitrogens is 1. The molecule has 0 bridgehead atoms. The first-order chi connectivity index (χ1) is 10.0. The van der Waals surface area contributed by atoms with E-state index in [4.69, 9.17) is 0 Å². The summed E-state index contributed by atoms with van der Waals surface area (Å²) in [4.78, 5) is 11.3. The van der Waals surface area contributed by atoms with Crippen molar-refractivity contribution in [2.24, 2.45) is 0 Å². The molecule has 1 aromatic heterocycles. The van der Waals surface area contributed by atoms with E-state index in [2.05, 4.69) is 0 Å². The van der Waals surface area contributed by atoms with Gasteiger partial charge in [0.05, 0.1) is 22.1 Å². The Bertz CT molecular complexity index is 927. The van der Waals surface area contributed by atoms with Gasteiger partial charge in [0.25, 0.3) is 10.0 Å². The van der Waals surface area contributed by atoms with Gasteiger partial charge in [0.2, 0.25) is 0 Å². The third-order valence-corrected chi connectivity index (χ3v) is 4.90. The molecule has 106 valence electrons. The van der Waals surface area contributed by atoms with Crippen molar-refractivity contribution in [1.29, 1.82) is 0 Å². The van der Waals surface area contributed by atoms with Gasteiger partial charge in [-0.15, -0.1) is 0 Å². The van der Waals surface area contributed by atoms with Gasteiger partial charge in [-0.25, -0.2) is 12.4 Å². The lowest BCUT2D eigenvalue weighted by molar-refractivity contribution is -0.255. The van der Waals surface area contributed by atoms with Crippen LogP contribution in [-0.2, 0) is 10.0 Å². The van der Waals surface area contributed by atoms with E-state index in [1.165, 1.54) is 18.2 Å². The molecule has 6 heteroatoms. The Hall–Kier alpha value is -2.60. The number of hydrogen-bond donors (Lipinski definition) is 0. The molecule has 0 saturated heterocycles. The number of rotatable bonds is 3. The summed E-state index contributed by atoms with van der Waals surface area (Å²) in [5, 5.41) is 11.8. The summed E-state index contributed by atoms with van der Waals surface area (Å²) in [7, 11) is -4.00. The Labute approximate surface area is 121 Å².